The molecule has 1 aliphatic heterocycles. The van der Waals surface area contributed by atoms with Crippen molar-refractivity contribution in [3.8, 4) is 17.2 Å². The van der Waals surface area contributed by atoms with E-state index in [4.69, 9.17) is 14.2 Å². The summed E-state index contributed by atoms with van der Waals surface area (Å²) in [4.78, 5) is 29.0. The number of hydrogen-bond acceptors (Lipinski definition) is 8. The van der Waals surface area contributed by atoms with Gasteiger partial charge in [0.2, 0.25) is 5.75 Å². The van der Waals surface area contributed by atoms with Crippen LogP contribution in [0.2, 0.25) is 0 Å². The first-order valence-electron chi connectivity index (χ1n) is 8.38. The molecule has 2 aromatic carbocycles. The summed E-state index contributed by atoms with van der Waals surface area (Å²) in [5.41, 5.74) is 1.28. The largest absolute Gasteiger partial charge is 0.502 e. The lowest BCUT2D eigenvalue weighted by Gasteiger charge is -2.09. The molecule has 0 radical (unpaired) electrons. The highest BCUT2D eigenvalue weighted by atomic mass is 32.2. The zero-order valence-electron chi connectivity index (χ0n) is 15.9. The maximum absolute atomic E-state index is 12.3. The number of esters is 1. The highest BCUT2D eigenvalue weighted by Gasteiger charge is 2.25. The number of para-hydroxylation sites is 1. The highest BCUT2D eigenvalue weighted by molar-refractivity contribution is 8.18. The van der Waals surface area contributed by atoms with Crippen molar-refractivity contribution < 1.29 is 28.9 Å². The first-order valence-corrected chi connectivity index (χ1v) is 9.20. The molecule has 8 nitrogen and oxygen atoms in total. The minimum atomic E-state index is -0.515. The smallest absolute Gasteiger partial charge is 0.340 e. The van der Waals surface area contributed by atoms with Crippen molar-refractivity contribution >= 4 is 40.6 Å². The van der Waals surface area contributed by atoms with Gasteiger partial charge in [-0.3, -0.25) is 4.79 Å². The van der Waals surface area contributed by atoms with E-state index in [2.05, 4.69) is 10.3 Å². The van der Waals surface area contributed by atoms with Gasteiger partial charge in [-0.1, -0.05) is 12.1 Å². The average Bonchev–Trinajstić information content (AvgIpc) is 3.07. The van der Waals surface area contributed by atoms with E-state index in [1.807, 2.05) is 0 Å². The van der Waals surface area contributed by atoms with Gasteiger partial charge in [-0.05, 0) is 47.7 Å². The molecule has 3 rings (SSSR count). The number of benzene rings is 2. The Hall–Kier alpha value is -3.46. The van der Waals surface area contributed by atoms with Gasteiger partial charge in [-0.15, -0.1) is 0 Å². The minimum Gasteiger partial charge on any atom is -0.502 e. The summed E-state index contributed by atoms with van der Waals surface area (Å²) >= 11 is 1.12. The van der Waals surface area contributed by atoms with Crippen LogP contribution in [-0.4, -0.2) is 43.5 Å². The summed E-state index contributed by atoms with van der Waals surface area (Å²) in [6.45, 7) is 0. The van der Waals surface area contributed by atoms with Gasteiger partial charge in [0, 0.05) is 0 Å². The van der Waals surface area contributed by atoms with Crippen molar-refractivity contribution in [2.45, 2.75) is 0 Å². The van der Waals surface area contributed by atoms with Crippen LogP contribution in [0.25, 0.3) is 6.08 Å². The van der Waals surface area contributed by atoms with Crippen molar-refractivity contribution in [2.75, 3.05) is 21.3 Å². The van der Waals surface area contributed by atoms with Crippen LogP contribution < -0.4 is 14.8 Å². The van der Waals surface area contributed by atoms with Crippen LogP contribution >= 0.6 is 11.8 Å². The number of amides is 1. The number of rotatable bonds is 5. The molecule has 2 N–H and O–H groups in total. The molecule has 150 valence electrons. The number of aliphatic imine (C=N–C) groups is 1. The Kier molecular flexibility index (Phi) is 6.08. The molecule has 0 aliphatic carbocycles. The van der Waals surface area contributed by atoms with Gasteiger partial charge < -0.3 is 24.6 Å². The van der Waals surface area contributed by atoms with Crippen LogP contribution in [0, 0.1) is 0 Å². The van der Waals surface area contributed by atoms with Gasteiger partial charge in [-0.25, -0.2) is 9.79 Å². The van der Waals surface area contributed by atoms with Crippen LogP contribution in [-0.2, 0) is 9.53 Å². The molecule has 29 heavy (non-hydrogen) atoms. The number of phenols is 1. The second-order valence-corrected chi connectivity index (χ2v) is 6.80. The second kappa shape index (κ2) is 8.70. The van der Waals surface area contributed by atoms with E-state index in [-0.39, 0.29) is 23.2 Å². The fraction of sp³-hybridized carbons (Fsp3) is 0.150. The van der Waals surface area contributed by atoms with Crippen molar-refractivity contribution in [1.29, 1.82) is 0 Å². The Morgan fingerprint density at radius 2 is 1.79 bits per heavy atom. The Morgan fingerprint density at radius 1 is 1.14 bits per heavy atom. The SMILES string of the molecule is COC(=O)c1ccccc1N=C1NC(=O)/C(=C/c2cc(OC)c(O)c(OC)c2)S1. The quantitative estimate of drug-likeness (QED) is 0.572. The maximum atomic E-state index is 12.3. The molecule has 0 unspecified atom stereocenters. The summed E-state index contributed by atoms with van der Waals surface area (Å²) in [6.07, 6.45) is 1.62. The molecular weight excluding hydrogens is 396 g/mol. The standard InChI is InChI=1S/C20H18N2O6S/c1-26-14-8-11(9-15(27-2)17(14)23)10-16-18(24)22-20(29-16)21-13-7-5-4-6-12(13)19(25)28-3/h4-10,23H,1-3H3,(H,21,22,24)/b16-10-. The van der Waals surface area contributed by atoms with Crippen molar-refractivity contribution in [3.63, 3.8) is 0 Å². The topological polar surface area (TPSA) is 106 Å². The lowest BCUT2D eigenvalue weighted by Crippen LogP contribution is -2.19. The summed E-state index contributed by atoms with van der Waals surface area (Å²) in [7, 11) is 4.14. The number of hydrogen-bond donors (Lipinski definition) is 2. The lowest BCUT2D eigenvalue weighted by molar-refractivity contribution is -0.115. The van der Waals surface area contributed by atoms with Crippen LogP contribution in [0.1, 0.15) is 15.9 Å². The second-order valence-electron chi connectivity index (χ2n) is 5.76. The molecule has 0 aromatic heterocycles. The normalized spacial score (nSPS) is 16.0. The molecule has 1 aliphatic rings. The van der Waals surface area contributed by atoms with E-state index < -0.39 is 5.97 Å². The highest BCUT2D eigenvalue weighted by Crippen LogP contribution is 2.38. The third-order valence-electron chi connectivity index (χ3n) is 3.98. The average molecular weight is 414 g/mol. The van der Waals surface area contributed by atoms with Crippen LogP contribution in [0.5, 0.6) is 17.2 Å². The number of amidine groups is 1. The zero-order valence-corrected chi connectivity index (χ0v) is 16.7. The van der Waals surface area contributed by atoms with Gasteiger partial charge in [0.1, 0.15) is 0 Å². The van der Waals surface area contributed by atoms with E-state index in [1.165, 1.54) is 21.3 Å². The summed E-state index contributed by atoms with van der Waals surface area (Å²) < 4.78 is 15.0. The Bertz CT molecular complexity index is 1010. The molecule has 1 amide bonds. The fourth-order valence-electron chi connectivity index (χ4n) is 2.59. The van der Waals surface area contributed by atoms with Crippen LogP contribution in [0.3, 0.4) is 0 Å². The molecule has 0 bridgehead atoms. The third-order valence-corrected chi connectivity index (χ3v) is 4.89. The maximum Gasteiger partial charge on any atom is 0.340 e. The van der Waals surface area contributed by atoms with E-state index >= 15 is 0 Å². The molecule has 2 aromatic rings. The molecule has 9 heteroatoms. The summed E-state index contributed by atoms with van der Waals surface area (Å²) in [5, 5.41) is 13.0. The number of nitrogens with zero attached hydrogens (tertiary/aromatic N) is 1. The molecule has 0 spiro atoms. The molecule has 1 heterocycles. The van der Waals surface area contributed by atoms with E-state index in [0.29, 0.717) is 26.9 Å². The Balaban J connectivity index is 1.92. The number of carbonyl (C=O) groups excluding carboxylic acids is 2. The zero-order chi connectivity index (χ0) is 21.0. The molecule has 0 saturated carbocycles. The minimum absolute atomic E-state index is 0.123. The van der Waals surface area contributed by atoms with E-state index in [9.17, 15) is 14.7 Å². The van der Waals surface area contributed by atoms with Gasteiger partial charge >= 0.3 is 5.97 Å². The third kappa shape index (κ3) is 4.35. The van der Waals surface area contributed by atoms with Gasteiger partial charge in [0.25, 0.3) is 5.91 Å². The predicted molar refractivity (Wildman–Crippen MR) is 110 cm³/mol. The fourth-order valence-corrected chi connectivity index (χ4v) is 3.43. The lowest BCUT2D eigenvalue weighted by atomic mass is 10.1. The number of ether oxygens (including phenoxy) is 3. The van der Waals surface area contributed by atoms with Gasteiger partial charge in [0.15, 0.2) is 16.7 Å². The van der Waals surface area contributed by atoms with E-state index in [1.54, 1.807) is 42.5 Å². The number of phenolic OH excluding ortho intramolecular Hbond substituents is 1. The van der Waals surface area contributed by atoms with Crippen molar-refractivity contribution in [3.05, 3.63) is 52.4 Å². The number of nitrogens with one attached hydrogen (secondary N) is 1. The monoisotopic (exact) mass is 414 g/mol. The Labute approximate surface area is 171 Å². The molecule has 1 saturated heterocycles. The van der Waals surface area contributed by atoms with Crippen LogP contribution in [0.15, 0.2) is 46.3 Å². The van der Waals surface area contributed by atoms with Gasteiger partial charge in [-0.2, -0.15) is 0 Å². The predicted octanol–water partition coefficient (Wildman–Crippen LogP) is 3.09. The number of aromatic hydroxyl groups is 1. The Morgan fingerprint density at radius 3 is 2.41 bits per heavy atom. The van der Waals surface area contributed by atoms with Crippen LogP contribution in [0.4, 0.5) is 5.69 Å². The van der Waals surface area contributed by atoms with Gasteiger partial charge in [0.05, 0.1) is 37.5 Å². The van der Waals surface area contributed by atoms with Crippen molar-refractivity contribution in [2.24, 2.45) is 4.99 Å². The summed E-state index contributed by atoms with van der Waals surface area (Å²) in [5.74, 6) is -0.531. The molecular formula is C20H18N2O6S. The van der Waals surface area contributed by atoms with E-state index in [0.717, 1.165) is 11.8 Å². The summed E-state index contributed by atoms with van der Waals surface area (Å²) in [6, 6.07) is 9.86. The molecule has 0 atom stereocenters. The molecule has 1 fully saturated rings. The number of carbonyl (C=O) groups is 2. The number of methoxy groups -OCH3 is 3. The van der Waals surface area contributed by atoms with Crippen molar-refractivity contribution in [1.82, 2.24) is 5.32 Å². The first kappa shape index (κ1) is 20.3. The number of thioether (sulfide) groups is 1. The first-order chi connectivity index (χ1) is 14.0.